The Kier molecular flexibility index (Phi) is 6.11. The first-order valence-corrected chi connectivity index (χ1v) is 6.48. The summed E-state index contributed by atoms with van der Waals surface area (Å²) in [6.45, 7) is 4.20. The van der Waals surface area contributed by atoms with Gasteiger partial charge in [-0.05, 0) is 25.8 Å². The molecular weight excluding hydrogens is 228 g/mol. The standard InChI is InChI=1S/C13H22N4O/c1-3-4-5-6-7-10(2)18-13-11(12(14)15)8-9-16-17-13/h8-10H,3-7H2,1-2H3,(H3,14,15). The number of aromatic nitrogens is 2. The summed E-state index contributed by atoms with van der Waals surface area (Å²) < 4.78 is 5.69. The molecule has 0 aliphatic carbocycles. The molecule has 1 aromatic heterocycles. The van der Waals surface area contributed by atoms with Crippen molar-refractivity contribution in [3.63, 3.8) is 0 Å². The third kappa shape index (κ3) is 4.69. The predicted molar refractivity (Wildman–Crippen MR) is 71.9 cm³/mol. The van der Waals surface area contributed by atoms with Crippen molar-refractivity contribution in [2.45, 2.75) is 52.1 Å². The van der Waals surface area contributed by atoms with Gasteiger partial charge in [-0.1, -0.05) is 26.2 Å². The Morgan fingerprint density at radius 3 is 2.89 bits per heavy atom. The normalized spacial score (nSPS) is 12.1. The van der Waals surface area contributed by atoms with Gasteiger partial charge in [-0.3, -0.25) is 5.41 Å². The number of rotatable bonds is 8. The fourth-order valence-corrected chi connectivity index (χ4v) is 1.72. The first-order chi connectivity index (χ1) is 8.65. The van der Waals surface area contributed by atoms with Gasteiger partial charge in [0.2, 0.25) is 5.88 Å². The average Bonchev–Trinajstić information content (AvgIpc) is 2.35. The minimum atomic E-state index is -0.0434. The van der Waals surface area contributed by atoms with Crippen molar-refractivity contribution < 1.29 is 4.74 Å². The van der Waals surface area contributed by atoms with Gasteiger partial charge in [0.15, 0.2) is 0 Å². The molecule has 5 heteroatoms. The van der Waals surface area contributed by atoms with Crippen molar-refractivity contribution in [2.75, 3.05) is 0 Å². The van der Waals surface area contributed by atoms with Crippen LogP contribution in [0, 0.1) is 5.41 Å². The second kappa shape index (κ2) is 7.63. The van der Waals surface area contributed by atoms with Crippen LogP contribution < -0.4 is 10.5 Å². The van der Waals surface area contributed by atoms with Crippen LogP contribution in [-0.2, 0) is 0 Å². The third-order valence-electron chi connectivity index (χ3n) is 2.75. The van der Waals surface area contributed by atoms with Crippen molar-refractivity contribution in [3.05, 3.63) is 17.8 Å². The van der Waals surface area contributed by atoms with Crippen LogP contribution in [0.3, 0.4) is 0 Å². The SMILES string of the molecule is CCCCCCC(C)Oc1nnccc1C(=N)N. The maximum absolute atomic E-state index is 7.44. The molecule has 1 atom stereocenters. The van der Waals surface area contributed by atoms with Crippen molar-refractivity contribution in [1.82, 2.24) is 10.2 Å². The molecule has 0 bridgehead atoms. The van der Waals surface area contributed by atoms with Crippen LogP contribution in [-0.4, -0.2) is 22.1 Å². The van der Waals surface area contributed by atoms with Crippen LogP contribution in [0.5, 0.6) is 5.88 Å². The number of nitrogen functional groups attached to an aromatic ring is 1. The Morgan fingerprint density at radius 1 is 1.44 bits per heavy atom. The summed E-state index contributed by atoms with van der Waals surface area (Å²) in [5.41, 5.74) is 5.97. The highest BCUT2D eigenvalue weighted by atomic mass is 16.5. The molecule has 3 N–H and O–H groups in total. The predicted octanol–water partition coefficient (Wildman–Crippen LogP) is 2.50. The van der Waals surface area contributed by atoms with Crippen LogP contribution in [0.25, 0.3) is 0 Å². The number of ether oxygens (including phenoxy) is 1. The summed E-state index contributed by atoms with van der Waals surface area (Å²) in [6, 6.07) is 1.65. The highest BCUT2D eigenvalue weighted by Crippen LogP contribution is 2.16. The zero-order chi connectivity index (χ0) is 13.4. The Hall–Kier alpha value is -1.65. The van der Waals surface area contributed by atoms with Gasteiger partial charge in [-0.15, -0.1) is 5.10 Å². The van der Waals surface area contributed by atoms with Gasteiger partial charge in [0, 0.05) is 0 Å². The van der Waals surface area contributed by atoms with Gasteiger partial charge in [0.1, 0.15) is 5.84 Å². The molecule has 0 aliphatic rings. The maximum atomic E-state index is 7.44. The Morgan fingerprint density at radius 2 is 2.22 bits per heavy atom. The van der Waals surface area contributed by atoms with E-state index in [0.717, 1.165) is 12.8 Å². The largest absolute Gasteiger partial charge is 0.473 e. The smallest absolute Gasteiger partial charge is 0.244 e. The highest BCUT2D eigenvalue weighted by Gasteiger charge is 2.11. The van der Waals surface area contributed by atoms with E-state index in [2.05, 4.69) is 17.1 Å². The Bertz CT molecular complexity index is 381. The number of nitrogens with two attached hydrogens (primary N) is 1. The fourth-order valence-electron chi connectivity index (χ4n) is 1.72. The molecule has 0 spiro atoms. The van der Waals surface area contributed by atoms with E-state index in [-0.39, 0.29) is 11.9 Å². The zero-order valence-corrected chi connectivity index (χ0v) is 11.1. The van der Waals surface area contributed by atoms with Gasteiger partial charge >= 0.3 is 0 Å². The van der Waals surface area contributed by atoms with Gasteiger partial charge in [0.25, 0.3) is 0 Å². The number of nitrogens with zero attached hydrogens (tertiary/aromatic N) is 2. The molecule has 1 rings (SSSR count). The van der Waals surface area contributed by atoms with E-state index < -0.39 is 0 Å². The van der Waals surface area contributed by atoms with Crippen molar-refractivity contribution in [3.8, 4) is 5.88 Å². The number of unbranched alkanes of at least 4 members (excludes halogenated alkanes) is 3. The molecule has 0 saturated heterocycles. The van der Waals surface area contributed by atoms with Gasteiger partial charge < -0.3 is 10.5 Å². The van der Waals surface area contributed by atoms with Crippen LogP contribution >= 0.6 is 0 Å². The van der Waals surface area contributed by atoms with Crippen LogP contribution in [0.15, 0.2) is 12.3 Å². The number of hydrogen-bond acceptors (Lipinski definition) is 4. The number of hydrogen-bond donors (Lipinski definition) is 2. The summed E-state index contributed by atoms with van der Waals surface area (Å²) in [5, 5.41) is 15.1. The molecule has 0 radical (unpaired) electrons. The first kappa shape index (κ1) is 14.4. The second-order valence-corrected chi connectivity index (χ2v) is 4.44. The first-order valence-electron chi connectivity index (χ1n) is 6.48. The lowest BCUT2D eigenvalue weighted by atomic mass is 10.1. The summed E-state index contributed by atoms with van der Waals surface area (Å²) in [5.74, 6) is 0.311. The Balaban J connectivity index is 2.48. The lowest BCUT2D eigenvalue weighted by Crippen LogP contribution is -2.18. The molecule has 0 amide bonds. The number of amidine groups is 1. The zero-order valence-electron chi connectivity index (χ0n) is 11.1. The molecule has 5 nitrogen and oxygen atoms in total. The van der Waals surface area contributed by atoms with Crippen molar-refractivity contribution >= 4 is 5.84 Å². The summed E-state index contributed by atoms with van der Waals surface area (Å²) in [6.07, 6.45) is 7.42. The van der Waals surface area contributed by atoms with Crippen LogP contribution in [0.4, 0.5) is 0 Å². The van der Waals surface area contributed by atoms with E-state index >= 15 is 0 Å². The van der Waals surface area contributed by atoms with Crippen LogP contribution in [0.2, 0.25) is 0 Å². The average molecular weight is 250 g/mol. The molecule has 0 aliphatic heterocycles. The Labute approximate surface area is 108 Å². The van der Waals surface area contributed by atoms with E-state index in [1.54, 1.807) is 6.07 Å². The van der Waals surface area contributed by atoms with Crippen molar-refractivity contribution in [2.24, 2.45) is 5.73 Å². The quantitative estimate of drug-likeness (QED) is 0.421. The monoisotopic (exact) mass is 250 g/mol. The summed E-state index contributed by atoms with van der Waals surface area (Å²) >= 11 is 0. The van der Waals surface area contributed by atoms with E-state index in [1.807, 2.05) is 6.92 Å². The molecule has 18 heavy (non-hydrogen) atoms. The minimum Gasteiger partial charge on any atom is -0.473 e. The molecule has 0 saturated carbocycles. The topological polar surface area (TPSA) is 84.9 Å². The van der Waals surface area contributed by atoms with Crippen LogP contribution in [0.1, 0.15) is 51.5 Å². The van der Waals surface area contributed by atoms with E-state index in [0.29, 0.717) is 11.4 Å². The lowest BCUT2D eigenvalue weighted by molar-refractivity contribution is 0.195. The molecule has 1 unspecified atom stereocenters. The second-order valence-electron chi connectivity index (χ2n) is 4.44. The van der Waals surface area contributed by atoms with Crippen molar-refractivity contribution in [1.29, 1.82) is 5.41 Å². The fraction of sp³-hybridized carbons (Fsp3) is 0.615. The highest BCUT2D eigenvalue weighted by molar-refractivity contribution is 5.96. The number of nitrogens with one attached hydrogen (secondary N) is 1. The molecule has 0 aromatic carbocycles. The van der Waals surface area contributed by atoms with E-state index in [1.165, 1.54) is 25.5 Å². The third-order valence-corrected chi connectivity index (χ3v) is 2.75. The lowest BCUT2D eigenvalue weighted by Gasteiger charge is -2.15. The molecule has 100 valence electrons. The molecular formula is C13H22N4O. The van der Waals surface area contributed by atoms with E-state index in [4.69, 9.17) is 15.9 Å². The molecule has 1 aromatic rings. The molecule has 1 heterocycles. The van der Waals surface area contributed by atoms with E-state index in [9.17, 15) is 0 Å². The molecule has 0 fully saturated rings. The van der Waals surface area contributed by atoms with Gasteiger partial charge in [0.05, 0.1) is 17.9 Å². The van der Waals surface area contributed by atoms with Gasteiger partial charge in [-0.2, -0.15) is 5.10 Å². The summed E-state index contributed by atoms with van der Waals surface area (Å²) in [4.78, 5) is 0. The van der Waals surface area contributed by atoms with Gasteiger partial charge in [-0.25, -0.2) is 0 Å². The minimum absolute atomic E-state index is 0.0434. The summed E-state index contributed by atoms with van der Waals surface area (Å²) in [7, 11) is 0. The maximum Gasteiger partial charge on any atom is 0.244 e.